The molecule has 0 aliphatic carbocycles. The Bertz CT molecular complexity index is 432. The van der Waals surface area contributed by atoms with Crippen LogP contribution in [0.25, 0.3) is 0 Å². The van der Waals surface area contributed by atoms with Crippen LogP contribution in [0.2, 0.25) is 10.0 Å². The molecule has 0 unspecified atom stereocenters. The summed E-state index contributed by atoms with van der Waals surface area (Å²) in [4.78, 5) is 22.2. The molecule has 0 heterocycles. The van der Waals surface area contributed by atoms with Crippen LogP contribution >= 0.6 is 34.8 Å². The van der Waals surface area contributed by atoms with E-state index < -0.39 is 5.97 Å². The molecule has 0 N–H and O–H groups in total. The number of rotatable bonds is 5. The van der Waals surface area contributed by atoms with Gasteiger partial charge in [-0.25, -0.2) is 0 Å². The highest BCUT2D eigenvalue weighted by atomic mass is 35.5. The number of carbonyl (C=O) groups excluding carboxylic acids is 2. The van der Waals surface area contributed by atoms with Crippen LogP contribution < -0.4 is 4.74 Å². The number of benzene rings is 1. The molecule has 1 rings (SSSR count). The van der Waals surface area contributed by atoms with Crippen LogP contribution in [0, 0.1) is 0 Å². The van der Waals surface area contributed by atoms with Crippen LogP contribution in [0.15, 0.2) is 12.1 Å². The van der Waals surface area contributed by atoms with E-state index in [0.717, 1.165) is 0 Å². The predicted molar refractivity (Wildman–Crippen MR) is 67.4 cm³/mol. The van der Waals surface area contributed by atoms with Gasteiger partial charge in [0.05, 0.1) is 10.6 Å². The summed E-state index contributed by atoms with van der Waals surface area (Å²) in [5, 5.41) is 0.427. The maximum atomic E-state index is 11.4. The number of hydrogen-bond donors (Lipinski definition) is 0. The lowest BCUT2D eigenvalue weighted by atomic mass is 10.2. The second-order valence-electron chi connectivity index (χ2n) is 3.19. The molecule has 6 heteroatoms. The van der Waals surface area contributed by atoms with Gasteiger partial charge in [-0.3, -0.25) is 9.59 Å². The van der Waals surface area contributed by atoms with Crippen LogP contribution in [-0.2, 0) is 4.79 Å². The lowest BCUT2D eigenvalue weighted by molar-refractivity contribution is -0.134. The highest BCUT2D eigenvalue weighted by Crippen LogP contribution is 2.31. The molecule has 0 saturated carbocycles. The van der Waals surface area contributed by atoms with Crippen molar-refractivity contribution in [2.75, 3.05) is 5.88 Å². The van der Waals surface area contributed by atoms with Gasteiger partial charge in [-0.15, -0.1) is 11.6 Å². The van der Waals surface area contributed by atoms with Crippen LogP contribution in [-0.4, -0.2) is 18.1 Å². The number of aldehydes is 1. The number of ether oxygens (including phenoxy) is 1. The van der Waals surface area contributed by atoms with Gasteiger partial charge in [0.1, 0.15) is 0 Å². The minimum Gasteiger partial charge on any atom is -0.424 e. The molecule has 92 valence electrons. The Kier molecular flexibility index (Phi) is 5.75. The van der Waals surface area contributed by atoms with E-state index in [1.54, 1.807) is 0 Å². The third-order valence-electron chi connectivity index (χ3n) is 1.89. The van der Waals surface area contributed by atoms with Crippen LogP contribution in [0.3, 0.4) is 0 Å². The maximum absolute atomic E-state index is 11.4. The third-order valence-corrected chi connectivity index (χ3v) is 2.66. The molecular weight excluding hydrogens is 286 g/mol. The van der Waals surface area contributed by atoms with Crippen molar-refractivity contribution in [1.82, 2.24) is 0 Å². The largest absolute Gasteiger partial charge is 0.424 e. The SMILES string of the molecule is O=Cc1cc(Cl)cc(Cl)c1OC(=O)CCCCl. The molecule has 0 aliphatic rings. The molecule has 0 aliphatic heterocycles. The topological polar surface area (TPSA) is 43.4 Å². The zero-order valence-corrected chi connectivity index (χ0v) is 11.0. The van der Waals surface area contributed by atoms with E-state index in [9.17, 15) is 9.59 Å². The second kappa shape index (κ2) is 6.84. The van der Waals surface area contributed by atoms with Gasteiger partial charge in [0.25, 0.3) is 0 Å². The molecule has 0 aromatic heterocycles. The van der Waals surface area contributed by atoms with Gasteiger partial charge < -0.3 is 4.74 Å². The van der Waals surface area contributed by atoms with Crippen molar-refractivity contribution in [3.8, 4) is 5.75 Å². The smallest absolute Gasteiger partial charge is 0.311 e. The molecule has 0 bridgehead atoms. The monoisotopic (exact) mass is 294 g/mol. The Morgan fingerprint density at radius 3 is 2.65 bits per heavy atom. The maximum Gasteiger partial charge on any atom is 0.311 e. The Morgan fingerprint density at radius 2 is 2.06 bits per heavy atom. The molecule has 0 amide bonds. The first-order valence-corrected chi connectivity index (χ1v) is 6.08. The number of carbonyl (C=O) groups is 2. The summed E-state index contributed by atoms with van der Waals surface area (Å²) in [6, 6.07) is 2.78. The summed E-state index contributed by atoms with van der Waals surface area (Å²) in [5.41, 5.74) is 0.140. The molecule has 3 nitrogen and oxygen atoms in total. The molecule has 0 atom stereocenters. The first-order valence-electron chi connectivity index (χ1n) is 4.79. The molecule has 0 radical (unpaired) electrons. The minimum atomic E-state index is -0.488. The van der Waals surface area contributed by atoms with E-state index >= 15 is 0 Å². The Labute approximate surface area is 114 Å². The van der Waals surface area contributed by atoms with Gasteiger partial charge in [-0.2, -0.15) is 0 Å². The summed E-state index contributed by atoms with van der Waals surface area (Å²) in [6.07, 6.45) is 1.20. The standard InChI is InChI=1S/C11H9Cl3O3/c12-3-1-2-10(16)17-11-7(6-15)4-8(13)5-9(11)14/h4-6H,1-3H2. The number of alkyl halides is 1. The summed E-state index contributed by atoms with van der Waals surface area (Å²) in [5.74, 6) is -0.0899. The van der Waals surface area contributed by atoms with Crippen molar-refractivity contribution in [3.63, 3.8) is 0 Å². The lowest BCUT2D eigenvalue weighted by Gasteiger charge is -2.08. The highest BCUT2D eigenvalue weighted by molar-refractivity contribution is 6.36. The summed E-state index contributed by atoms with van der Waals surface area (Å²) >= 11 is 17.0. The van der Waals surface area contributed by atoms with Crippen molar-refractivity contribution in [2.45, 2.75) is 12.8 Å². The van der Waals surface area contributed by atoms with Gasteiger partial charge in [-0.05, 0) is 18.6 Å². The van der Waals surface area contributed by atoms with Crippen molar-refractivity contribution < 1.29 is 14.3 Å². The van der Waals surface area contributed by atoms with E-state index in [2.05, 4.69) is 0 Å². The average molecular weight is 296 g/mol. The van der Waals surface area contributed by atoms with Crippen LogP contribution in [0.5, 0.6) is 5.75 Å². The first-order chi connectivity index (χ1) is 8.08. The molecule has 17 heavy (non-hydrogen) atoms. The van der Waals surface area contributed by atoms with Crippen LogP contribution in [0.1, 0.15) is 23.2 Å². The number of hydrogen-bond acceptors (Lipinski definition) is 3. The summed E-state index contributed by atoms with van der Waals surface area (Å²) in [7, 11) is 0. The Hall–Kier alpha value is -0.770. The minimum absolute atomic E-state index is 0.0330. The molecule has 1 aromatic rings. The Balaban J connectivity index is 2.89. The first kappa shape index (κ1) is 14.3. The third kappa shape index (κ3) is 4.19. The van der Waals surface area contributed by atoms with Crippen molar-refractivity contribution >= 4 is 47.1 Å². The van der Waals surface area contributed by atoms with E-state index in [-0.39, 0.29) is 22.8 Å². The van der Waals surface area contributed by atoms with Crippen molar-refractivity contribution in [1.29, 1.82) is 0 Å². The van der Waals surface area contributed by atoms with E-state index in [1.807, 2.05) is 0 Å². The zero-order chi connectivity index (χ0) is 12.8. The molecule has 0 saturated heterocycles. The Morgan fingerprint density at radius 1 is 1.35 bits per heavy atom. The predicted octanol–water partition coefficient (Wildman–Crippen LogP) is 3.73. The second-order valence-corrected chi connectivity index (χ2v) is 4.41. The van der Waals surface area contributed by atoms with Gasteiger partial charge >= 0.3 is 5.97 Å². The summed E-state index contributed by atoms with van der Waals surface area (Å²) < 4.78 is 5.00. The molecule has 1 aromatic carbocycles. The zero-order valence-electron chi connectivity index (χ0n) is 8.71. The fraction of sp³-hybridized carbons (Fsp3) is 0.273. The molecular formula is C11H9Cl3O3. The van der Waals surface area contributed by atoms with E-state index in [4.69, 9.17) is 39.5 Å². The molecule has 0 spiro atoms. The van der Waals surface area contributed by atoms with E-state index in [0.29, 0.717) is 23.6 Å². The van der Waals surface area contributed by atoms with E-state index in [1.165, 1.54) is 12.1 Å². The lowest BCUT2D eigenvalue weighted by Crippen LogP contribution is -2.09. The fourth-order valence-corrected chi connectivity index (χ4v) is 1.83. The molecule has 0 fully saturated rings. The number of halogens is 3. The van der Waals surface area contributed by atoms with Gasteiger partial charge in [0.2, 0.25) is 0 Å². The summed E-state index contributed by atoms with van der Waals surface area (Å²) in [6.45, 7) is 0. The van der Waals surface area contributed by atoms with Crippen molar-refractivity contribution in [3.05, 3.63) is 27.7 Å². The highest BCUT2D eigenvalue weighted by Gasteiger charge is 2.14. The van der Waals surface area contributed by atoms with Crippen LogP contribution in [0.4, 0.5) is 0 Å². The van der Waals surface area contributed by atoms with Gasteiger partial charge in [0.15, 0.2) is 12.0 Å². The fourth-order valence-electron chi connectivity index (χ4n) is 1.15. The van der Waals surface area contributed by atoms with Gasteiger partial charge in [-0.1, -0.05) is 23.2 Å². The average Bonchev–Trinajstić information content (AvgIpc) is 2.29. The normalized spacial score (nSPS) is 10.1. The van der Waals surface area contributed by atoms with Crippen molar-refractivity contribution in [2.24, 2.45) is 0 Å². The quantitative estimate of drug-likeness (QED) is 0.360. The van der Waals surface area contributed by atoms with Gasteiger partial charge in [0, 0.05) is 17.3 Å². The number of esters is 1.